The summed E-state index contributed by atoms with van der Waals surface area (Å²) < 4.78 is 52.2. The molecule has 0 saturated heterocycles. The molecule has 0 aliphatic heterocycles. The van der Waals surface area contributed by atoms with E-state index >= 15 is 0 Å². The van der Waals surface area contributed by atoms with Crippen LogP contribution in [0, 0.1) is 0 Å². The Morgan fingerprint density at radius 3 is 2.45 bits per heavy atom. The zero-order valence-corrected chi connectivity index (χ0v) is 18.4. The largest absolute Gasteiger partial charge is 0.464 e. The number of aliphatic imine (C=N–C) groups is 1. The molecule has 31 heavy (non-hydrogen) atoms. The van der Waals surface area contributed by atoms with E-state index in [-0.39, 0.29) is 9.66 Å². The average molecular weight is 465 g/mol. The van der Waals surface area contributed by atoms with Crippen molar-refractivity contribution in [3.63, 3.8) is 0 Å². The number of rotatable bonds is 8. The maximum Gasteiger partial charge on any atom is 0.252 e. The van der Waals surface area contributed by atoms with Gasteiger partial charge in [-0.2, -0.15) is 3.71 Å². The lowest BCUT2D eigenvalue weighted by atomic mass is 10.0. The Morgan fingerprint density at radius 1 is 1.06 bits per heavy atom. The van der Waals surface area contributed by atoms with Crippen LogP contribution < -0.4 is 5.56 Å². The lowest BCUT2D eigenvalue weighted by Gasteiger charge is -2.13. The molecule has 2 aromatic heterocycles. The van der Waals surface area contributed by atoms with Crippen molar-refractivity contribution in [1.29, 1.82) is 0 Å². The van der Waals surface area contributed by atoms with Gasteiger partial charge in [-0.05, 0) is 36.6 Å². The molecule has 0 saturated carbocycles. The highest BCUT2D eigenvalue weighted by Crippen LogP contribution is 2.21. The summed E-state index contributed by atoms with van der Waals surface area (Å²) in [4.78, 5) is 22.2. The summed E-state index contributed by atoms with van der Waals surface area (Å²) in [5, 5.41) is 0. The van der Waals surface area contributed by atoms with Crippen LogP contribution in [0.2, 0.25) is 0 Å². The highest BCUT2D eigenvalue weighted by Gasteiger charge is 2.23. The number of nitrogens with one attached hydrogen (secondary N) is 1. The molecule has 3 rings (SSSR count). The van der Waals surface area contributed by atoms with Gasteiger partial charge in [0, 0.05) is 11.6 Å². The highest BCUT2D eigenvalue weighted by molar-refractivity contribution is 8.04. The number of hydrogen-bond acceptors (Lipinski definition) is 8. The van der Waals surface area contributed by atoms with Gasteiger partial charge in [0.05, 0.1) is 24.5 Å². The maximum atomic E-state index is 11.9. The zero-order chi connectivity index (χ0) is 22.6. The normalized spacial score (nSPS) is 12.3. The summed E-state index contributed by atoms with van der Waals surface area (Å²) in [7, 11) is -8.23. The number of hydrogen-bond donors (Lipinski definition) is 1. The van der Waals surface area contributed by atoms with Gasteiger partial charge < -0.3 is 4.42 Å². The zero-order valence-electron chi connectivity index (χ0n) is 16.7. The first kappa shape index (κ1) is 22.4. The van der Waals surface area contributed by atoms with Gasteiger partial charge in [0.2, 0.25) is 26.0 Å². The molecule has 0 aliphatic carbocycles. The summed E-state index contributed by atoms with van der Waals surface area (Å²) in [5.41, 5.74) is 1.85. The minimum atomic E-state index is -4.11. The van der Waals surface area contributed by atoms with E-state index in [1.165, 1.54) is 6.07 Å². The van der Waals surface area contributed by atoms with Crippen LogP contribution in [0.4, 0.5) is 5.95 Å². The first-order valence-corrected chi connectivity index (χ1v) is 12.7. The summed E-state index contributed by atoms with van der Waals surface area (Å²) in [6.07, 6.45) is 4.63. The third kappa shape index (κ3) is 6.12. The molecular weight excluding hydrogens is 444 g/mol. The molecule has 1 N–H and O–H groups in total. The molecule has 0 amide bonds. The van der Waals surface area contributed by atoms with Gasteiger partial charge in [0.1, 0.15) is 12.1 Å². The first-order chi connectivity index (χ1) is 14.5. The fourth-order valence-corrected chi connectivity index (χ4v) is 5.20. The smallest absolute Gasteiger partial charge is 0.252 e. The number of benzene rings is 1. The number of H-pyrrole nitrogens is 1. The number of furan rings is 1. The van der Waals surface area contributed by atoms with E-state index in [4.69, 9.17) is 4.42 Å². The van der Waals surface area contributed by atoms with Gasteiger partial charge >= 0.3 is 0 Å². The Bertz CT molecular complexity index is 1330. The quantitative estimate of drug-likeness (QED) is 0.395. The average Bonchev–Trinajstić information content (AvgIpc) is 3.19. The van der Waals surface area contributed by atoms with E-state index in [9.17, 15) is 21.6 Å². The fraction of sp³-hybridized carbons (Fsp3) is 0.211. The van der Waals surface area contributed by atoms with Crippen LogP contribution in [0.5, 0.6) is 0 Å². The van der Waals surface area contributed by atoms with E-state index in [0.717, 1.165) is 29.4 Å². The predicted octanol–water partition coefficient (Wildman–Crippen LogP) is 1.70. The molecule has 0 unspecified atom stereocenters. The van der Waals surface area contributed by atoms with Crippen molar-refractivity contribution in [3.05, 3.63) is 70.3 Å². The molecule has 0 spiro atoms. The summed E-state index contributed by atoms with van der Waals surface area (Å²) >= 11 is 0. The van der Waals surface area contributed by atoms with Crippen LogP contribution in [0.15, 0.2) is 62.9 Å². The second kappa shape index (κ2) is 8.86. The van der Waals surface area contributed by atoms with Crippen LogP contribution in [0.25, 0.3) is 11.3 Å². The van der Waals surface area contributed by atoms with E-state index in [1.54, 1.807) is 12.3 Å². The van der Waals surface area contributed by atoms with Crippen LogP contribution in [0.1, 0.15) is 11.3 Å². The Balaban J connectivity index is 1.79. The lowest BCUT2D eigenvalue weighted by Crippen LogP contribution is -2.34. The number of aryl methyl sites for hydroxylation is 2. The topological polar surface area (TPSA) is 143 Å². The molecule has 0 fully saturated rings. The Labute approximate surface area is 179 Å². The second-order valence-electron chi connectivity index (χ2n) is 6.73. The van der Waals surface area contributed by atoms with Crippen LogP contribution in [0.3, 0.4) is 0 Å². The number of nitrogens with zero attached hydrogens (tertiary/aromatic N) is 3. The van der Waals surface area contributed by atoms with Crippen molar-refractivity contribution in [2.24, 2.45) is 4.99 Å². The fourth-order valence-electron chi connectivity index (χ4n) is 2.80. The van der Waals surface area contributed by atoms with E-state index in [1.807, 2.05) is 30.3 Å². The third-order valence-corrected chi connectivity index (χ3v) is 7.23. The Kier molecular flexibility index (Phi) is 6.41. The number of sulfonamides is 2. The summed E-state index contributed by atoms with van der Waals surface area (Å²) in [6.45, 7) is 0. The van der Waals surface area contributed by atoms with Crippen molar-refractivity contribution in [1.82, 2.24) is 13.7 Å². The van der Waals surface area contributed by atoms with Crippen LogP contribution >= 0.6 is 0 Å². The van der Waals surface area contributed by atoms with Crippen molar-refractivity contribution in [2.75, 3.05) is 12.5 Å². The van der Waals surface area contributed by atoms with Gasteiger partial charge in [0.25, 0.3) is 5.56 Å². The van der Waals surface area contributed by atoms with Gasteiger partial charge in [-0.3, -0.25) is 9.78 Å². The number of aromatic amines is 1. The predicted molar refractivity (Wildman–Crippen MR) is 116 cm³/mol. The summed E-state index contributed by atoms with van der Waals surface area (Å²) in [5.74, 6) is 0.540. The van der Waals surface area contributed by atoms with Gasteiger partial charge in [-0.25, -0.2) is 26.8 Å². The molecule has 1 aromatic carbocycles. The van der Waals surface area contributed by atoms with Crippen molar-refractivity contribution in [2.45, 2.75) is 12.8 Å². The SMILES string of the molecule is CS(=O)(=O)N(C=Nc1nc(CCc2cccc(-c3ccco3)c2)cc(=O)[nH]1)S(C)(=O)=O. The second-order valence-corrected chi connectivity index (χ2v) is 10.7. The van der Waals surface area contributed by atoms with Crippen molar-refractivity contribution >= 4 is 32.3 Å². The third-order valence-electron chi connectivity index (χ3n) is 4.11. The van der Waals surface area contributed by atoms with Gasteiger partial charge in [-0.1, -0.05) is 18.2 Å². The van der Waals surface area contributed by atoms with Crippen LogP contribution in [-0.4, -0.2) is 49.4 Å². The minimum absolute atomic E-state index is 0.104. The molecule has 2 heterocycles. The van der Waals surface area contributed by atoms with Crippen molar-refractivity contribution in [3.8, 4) is 11.3 Å². The molecule has 0 aliphatic rings. The Hall–Kier alpha value is -3.25. The summed E-state index contributed by atoms with van der Waals surface area (Å²) in [6, 6.07) is 12.7. The highest BCUT2D eigenvalue weighted by atomic mass is 32.3. The van der Waals surface area contributed by atoms with E-state index < -0.39 is 25.6 Å². The Morgan fingerprint density at radius 2 is 1.81 bits per heavy atom. The number of aromatic nitrogens is 2. The van der Waals surface area contributed by atoms with Crippen LogP contribution in [-0.2, 0) is 32.9 Å². The van der Waals surface area contributed by atoms with Gasteiger partial charge in [0.15, 0.2) is 0 Å². The molecular formula is C19H20N4O6S2. The molecule has 0 bridgehead atoms. The van der Waals surface area contributed by atoms with Gasteiger partial charge in [-0.15, -0.1) is 0 Å². The first-order valence-electron chi connectivity index (χ1n) is 8.99. The monoisotopic (exact) mass is 464 g/mol. The molecule has 10 nitrogen and oxygen atoms in total. The molecule has 12 heteroatoms. The van der Waals surface area contributed by atoms with Crippen molar-refractivity contribution < 1.29 is 21.3 Å². The van der Waals surface area contributed by atoms with E-state index in [0.29, 0.717) is 24.9 Å². The van der Waals surface area contributed by atoms with E-state index in [2.05, 4.69) is 15.0 Å². The molecule has 164 valence electrons. The minimum Gasteiger partial charge on any atom is -0.464 e. The molecule has 3 aromatic rings. The standard InChI is InChI=1S/C19H20N4O6S2/c1-30(25,26)23(31(2,27)28)13-20-19-21-16(12-18(24)22-19)9-8-14-5-3-6-15(11-14)17-7-4-10-29-17/h3-7,10-13H,8-9H2,1-2H3,(H,21,22,24). The molecule has 0 radical (unpaired) electrons. The lowest BCUT2D eigenvalue weighted by molar-refractivity contribution is 0.556. The maximum absolute atomic E-state index is 11.9. The molecule has 0 atom stereocenters.